The van der Waals surface area contributed by atoms with Crippen LogP contribution < -0.4 is 0 Å². The molecule has 0 aromatic carbocycles. The summed E-state index contributed by atoms with van der Waals surface area (Å²) in [5, 5.41) is 13.7. The molecule has 0 unspecified atom stereocenters. The average Bonchev–Trinajstić information content (AvgIpc) is 2.75. The van der Waals surface area contributed by atoms with Crippen molar-refractivity contribution < 1.29 is 9.90 Å². The summed E-state index contributed by atoms with van der Waals surface area (Å²) in [5.74, 6) is 0.556. The van der Waals surface area contributed by atoms with Gasteiger partial charge in [0.05, 0.1) is 11.9 Å². The van der Waals surface area contributed by atoms with E-state index in [2.05, 4.69) is 5.10 Å². The fraction of sp³-hybridized carbons (Fsp3) is 0.533. The highest BCUT2D eigenvalue weighted by Crippen LogP contribution is 2.39. The average molecular weight is 286 g/mol. The molecular formula is C15H18N4O2. The molecule has 1 amide bonds. The van der Waals surface area contributed by atoms with E-state index in [1.54, 1.807) is 6.20 Å². The molecule has 0 radical (unpaired) electrons. The van der Waals surface area contributed by atoms with E-state index in [1.807, 2.05) is 10.6 Å². The molecule has 0 bridgehead atoms. The SMILES string of the molecule is O=C(O)N1CCc2nc3ccnn3c(C3CCC3)c2CC1. The minimum absolute atomic E-state index is 0.531. The minimum atomic E-state index is -0.835. The largest absolute Gasteiger partial charge is 0.465 e. The number of carbonyl (C=O) groups is 1. The third-order valence-corrected chi connectivity index (χ3v) is 4.77. The van der Waals surface area contributed by atoms with E-state index >= 15 is 0 Å². The van der Waals surface area contributed by atoms with Crippen molar-refractivity contribution >= 4 is 11.7 Å². The van der Waals surface area contributed by atoms with E-state index in [4.69, 9.17) is 4.98 Å². The Hall–Kier alpha value is -2.11. The van der Waals surface area contributed by atoms with Crippen LogP contribution in [0.2, 0.25) is 0 Å². The number of amides is 1. The van der Waals surface area contributed by atoms with E-state index < -0.39 is 6.09 Å². The molecule has 4 rings (SSSR count). The molecule has 110 valence electrons. The van der Waals surface area contributed by atoms with Gasteiger partial charge in [-0.3, -0.25) is 0 Å². The Labute approximate surface area is 122 Å². The van der Waals surface area contributed by atoms with Crippen molar-refractivity contribution in [3.63, 3.8) is 0 Å². The molecule has 1 fully saturated rings. The lowest BCUT2D eigenvalue weighted by Gasteiger charge is -2.28. The summed E-state index contributed by atoms with van der Waals surface area (Å²) in [5.41, 5.74) is 4.46. The number of fused-ring (bicyclic) bond motifs is 2. The van der Waals surface area contributed by atoms with Crippen molar-refractivity contribution in [2.24, 2.45) is 0 Å². The second-order valence-electron chi connectivity index (χ2n) is 5.92. The zero-order valence-corrected chi connectivity index (χ0v) is 11.8. The molecule has 3 heterocycles. The zero-order chi connectivity index (χ0) is 14.4. The van der Waals surface area contributed by atoms with Crippen LogP contribution in [-0.2, 0) is 12.8 Å². The lowest BCUT2D eigenvalue weighted by atomic mass is 9.80. The minimum Gasteiger partial charge on any atom is -0.465 e. The van der Waals surface area contributed by atoms with Crippen molar-refractivity contribution in [3.8, 4) is 0 Å². The number of nitrogens with zero attached hydrogens (tertiary/aromatic N) is 4. The molecule has 6 nitrogen and oxygen atoms in total. The summed E-state index contributed by atoms with van der Waals surface area (Å²) in [6.45, 7) is 1.08. The van der Waals surface area contributed by atoms with Gasteiger partial charge in [-0.1, -0.05) is 6.42 Å². The van der Waals surface area contributed by atoms with E-state index in [0.29, 0.717) is 25.4 Å². The third kappa shape index (κ3) is 1.97. The van der Waals surface area contributed by atoms with E-state index in [0.717, 1.165) is 17.8 Å². The first-order chi connectivity index (χ1) is 10.2. The highest BCUT2D eigenvalue weighted by Gasteiger charge is 2.29. The van der Waals surface area contributed by atoms with Gasteiger partial charge in [0, 0.05) is 37.2 Å². The standard InChI is InChI=1S/C15H18N4O2/c20-15(21)18-8-5-11-12(6-9-18)17-13-4-7-16-19(13)14(11)10-2-1-3-10/h4,7,10H,1-3,5-6,8-9H2,(H,20,21). The normalized spacial score (nSPS) is 19.1. The topological polar surface area (TPSA) is 70.7 Å². The Bertz CT molecular complexity index is 705. The number of rotatable bonds is 1. The molecule has 1 N–H and O–H groups in total. The first-order valence-electron chi connectivity index (χ1n) is 7.57. The number of carboxylic acid groups (broad SMARTS) is 1. The van der Waals surface area contributed by atoms with Crippen molar-refractivity contribution in [1.29, 1.82) is 0 Å². The maximum Gasteiger partial charge on any atom is 0.407 e. The van der Waals surface area contributed by atoms with Gasteiger partial charge in [-0.25, -0.2) is 14.3 Å². The Morgan fingerprint density at radius 2 is 2.10 bits per heavy atom. The maximum absolute atomic E-state index is 11.2. The number of hydrogen-bond acceptors (Lipinski definition) is 3. The van der Waals surface area contributed by atoms with Crippen LogP contribution >= 0.6 is 0 Å². The van der Waals surface area contributed by atoms with Crippen molar-refractivity contribution in [3.05, 3.63) is 29.2 Å². The monoisotopic (exact) mass is 286 g/mol. The van der Waals surface area contributed by atoms with Gasteiger partial charge >= 0.3 is 6.09 Å². The molecule has 0 spiro atoms. The molecule has 2 aromatic heterocycles. The molecule has 0 saturated heterocycles. The molecule has 2 aromatic rings. The summed E-state index contributed by atoms with van der Waals surface area (Å²) in [4.78, 5) is 17.4. The van der Waals surface area contributed by atoms with Gasteiger partial charge in [0.1, 0.15) is 0 Å². The van der Waals surface area contributed by atoms with E-state index in [9.17, 15) is 9.90 Å². The van der Waals surface area contributed by atoms with Crippen molar-refractivity contribution in [2.45, 2.75) is 38.0 Å². The van der Waals surface area contributed by atoms with Gasteiger partial charge < -0.3 is 10.0 Å². The summed E-state index contributed by atoms with van der Waals surface area (Å²) in [6, 6.07) is 1.93. The maximum atomic E-state index is 11.2. The van der Waals surface area contributed by atoms with Gasteiger partial charge in [-0.05, 0) is 24.8 Å². The first-order valence-corrected chi connectivity index (χ1v) is 7.57. The van der Waals surface area contributed by atoms with E-state index in [1.165, 1.54) is 35.4 Å². The van der Waals surface area contributed by atoms with E-state index in [-0.39, 0.29) is 0 Å². The van der Waals surface area contributed by atoms with Crippen LogP contribution in [0.25, 0.3) is 5.65 Å². The van der Waals surface area contributed by atoms with Crippen LogP contribution in [0.4, 0.5) is 4.79 Å². The number of hydrogen-bond donors (Lipinski definition) is 1. The van der Waals surface area contributed by atoms with Crippen LogP contribution in [0, 0.1) is 0 Å². The van der Waals surface area contributed by atoms with Crippen LogP contribution in [0.1, 0.15) is 42.1 Å². The van der Waals surface area contributed by atoms with Crippen molar-refractivity contribution in [1.82, 2.24) is 19.5 Å². The predicted octanol–water partition coefficient (Wildman–Crippen LogP) is 2.08. The highest BCUT2D eigenvalue weighted by atomic mass is 16.4. The number of aromatic nitrogens is 3. The molecular weight excluding hydrogens is 268 g/mol. The van der Waals surface area contributed by atoms with Crippen LogP contribution in [-0.4, -0.2) is 43.8 Å². The predicted molar refractivity (Wildman–Crippen MR) is 76.6 cm³/mol. The van der Waals surface area contributed by atoms with Crippen molar-refractivity contribution in [2.75, 3.05) is 13.1 Å². The molecule has 0 atom stereocenters. The van der Waals surface area contributed by atoms with Gasteiger partial charge in [0.25, 0.3) is 0 Å². The molecule has 21 heavy (non-hydrogen) atoms. The Kier molecular flexibility index (Phi) is 2.83. The van der Waals surface area contributed by atoms with Crippen LogP contribution in [0.15, 0.2) is 12.3 Å². The third-order valence-electron chi connectivity index (χ3n) is 4.77. The second kappa shape index (κ2) is 4.72. The lowest BCUT2D eigenvalue weighted by Crippen LogP contribution is -2.31. The molecule has 1 saturated carbocycles. The molecule has 6 heteroatoms. The summed E-state index contributed by atoms with van der Waals surface area (Å²) in [7, 11) is 0. The van der Waals surface area contributed by atoms with Gasteiger partial charge in [0.2, 0.25) is 0 Å². The Balaban J connectivity index is 1.83. The fourth-order valence-corrected chi connectivity index (χ4v) is 3.42. The lowest BCUT2D eigenvalue weighted by molar-refractivity contribution is 0.147. The first kappa shape index (κ1) is 12.6. The molecule has 1 aliphatic heterocycles. The fourth-order valence-electron chi connectivity index (χ4n) is 3.42. The van der Waals surface area contributed by atoms with Crippen LogP contribution in [0.5, 0.6) is 0 Å². The van der Waals surface area contributed by atoms with Gasteiger partial charge in [-0.15, -0.1) is 0 Å². The summed E-state index contributed by atoms with van der Waals surface area (Å²) >= 11 is 0. The summed E-state index contributed by atoms with van der Waals surface area (Å²) < 4.78 is 1.97. The highest BCUT2D eigenvalue weighted by molar-refractivity contribution is 5.65. The molecule has 2 aliphatic rings. The summed E-state index contributed by atoms with van der Waals surface area (Å²) in [6.07, 6.45) is 6.08. The molecule has 1 aliphatic carbocycles. The quantitative estimate of drug-likeness (QED) is 0.871. The van der Waals surface area contributed by atoms with Crippen LogP contribution in [0.3, 0.4) is 0 Å². The Morgan fingerprint density at radius 3 is 2.81 bits per heavy atom. The Morgan fingerprint density at radius 1 is 1.29 bits per heavy atom. The van der Waals surface area contributed by atoms with Gasteiger partial charge in [-0.2, -0.15) is 5.10 Å². The second-order valence-corrected chi connectivity index (χ2v) is 5.92. The smallest absolute Gasteiger partial charge is 0.407 e. The van der Waals surface area contributed by atoms with Gasteiger partial charge in [0.15, 0.2) is 5.65 Å². The zero-order valence-electron chi connectivity index (χ0n) is 11.8.